The van der Waals surface area contributed by atoms with Crippen LogP contribution in [-0.4, -0.2) is 48.9 Å². The van der Waals surface area contributed by atoms with Gasteiger partial charge in [0.25, 0.3) is 0 Å². The van der Waals surface area contributed by atoms with Gasteiger partial charge in [0, 0.05) is 37.0 Å². The number of hydrogen-bond acceptors (Lipinski definition) is 4. The Morgan fingerprint density at radius 3 is 2.64 bits per heavy atom. The number of likely N-dealkylation sites (N-methyl/N-ethyl adjacent to an activating group) is 2. The van der Waals surface area contributed by atoms with Gasteiger partial charge in [-0.05, 0) is 38.7 Å². The minimum absolute atomic E-state index is 0.378. The van der Waals surface area contributed by atoms with Crippen LogP contribution in [0.5, 0.6) is 5.75 Å². The van der Waals surface area contributed by atoms with Gasteiger partial charge in [-0.15, -0.1) is 0 Å². The molecule has 1 aromatic carbocycles. The van der Waals surface area contributed by atoms with Gasteiger partial charge in [-0.2, -0.15) is 5.10 Å². The van der Waals surface area contributed by atoms with Gasteiger partial charge in [0.15, 0.2) is 5.75 Å². The molecule has 0 saturated carbocycles. The van der Waals surface area contributed by atoms with Crippen molar-refractivity contribution in [2.24, 2.45) is 0 Å². The SMILES string of the molecule is C=C(C)COc1c(Cl)cc(-c2n[nH]cc2CN(C)CCNC)cc1Cl. The molecular weight excluding hydrogens is 359 g/mol. The number of halogens is 2. The van der Waals surface area contributed by atoms with Crippen molar-refractivity contribution in [2.75, 3.05) is 33.8 Å². The molecule has 1 heterocycles. The van der Waals surface area contributed by atoms with Crippen LogP contribution in [0.3, 0.4) is 0 Å². The first-order valence-electron chi connectivity index (χ1n) is 8.04. The molecule has 2 aromatic rings. The maximum atomic E-state index is 6.37. The molecule has 136 valence electrons. The molecule has 0 aliphatic heterocycles. The van der Waals surface area contributed by atoms with Crippen LogP contribution in [0.25, 0.3) is 11.3 Å². The summed E-state index contributed by atoms with van der Waals surface area (Å²) in [5.74, 6) is 0.471. The van der Waals surface area contributed by atoms with Gasteiger partial charge in [0.2, 0.25) is 0 Å². The second kappa shape index (κ2) is 9.25. The van der Waals surface area contributed by atoms with E-state index >= 15 is 0 Å². The highest BCUT2D eigenvalue weighted by atomic mass is 35.5. The average molecular weight is 383 g/mol. The number of rotatable bonds is 9. The van der Waals surface area contributed by atoms with Gasteiger partial charge < -0.3 is 15.0 Å². The van der Waals surface area contributed by atoms with Crippen LogP contribution in [0.2, 0.25) is 10.0 Å². The predicted octanol–water partition coefficient (Wildman–Crippen LogP) is 3.99. The third-order valence-corrected chi connectivity index (χ3v) is 4.20. The second-order valence-electron chi connectivity index (χ2n) is 6.12. The van der Waals surface area contributed by atoms with Crippen molar-refractivity contribution in [3.63, 3.8) is 0 Å². The third kappa shape index (κ3) is 5.47. The van der Waals surface area contributed by atoms with Crippen LogP contribution < -0.4 is 10.1 Å². The molecule has 0 amide bonds. The third-order valence-electron chi connectivity index (χ3n) is 3.64. The van der Waals surface area contributed by atoms with Crippen LogP contribution >= 0.6 is 23.2 Å². The minimum atomic E-state index is 0.378. The predicted molar refractivity (Wildman–Crippen MR) is 105 cm³/mol. The maximum absolute atomic E-state index is 6.37. The van der Waals surface area contributed by atoms with Crippen molar-refractivity contribution in [1.29, 1.82) is 0 Å². The summed E-state index contributed by atoms with van der Waals surface area (Å²) in [4.78, 5) is 2.22. The van der Waals surface area contributed by atoms with Crippen LogP contribution in [0.15, 0.2) is 30.5 Å². The Bertz CT molecular complexity index is 707. The number of H-pyrrole nitrogens is 1. The van der Waals surface area contributed by atoms with Crippen molar-refractivity contribution in [1.82, 2.24) is 20.4 Å². The van der Waals surface area contributed by atoms with E-state index in [4.69, 9.17) is 27.9 Å². The van der Waals surface area contributed by atoms with Gasteiger partial charge in [0.05, 0.1) is 15.7 Å². The molecule has 7 heteroatoms. The first kappa shape index (κ1) is 19.8. The molecule has 0 fully saturated rings. The Kier molecular flexibility index (Phi) is 7.32. The van der Waals surface area contributed by atoms with Crippen molar-refractivity contribution >= 4 is 23.2 Å². The largest absolute Gasteiger partial charge is 0.486 e. The molecule has 0 aliphatic rings. The monoisotopic (exact) mass is 382 g/mol. The van der Waals surface area contributed by atoms with Gasteiger partial charge in [-0.1, -0.05) is 29.8 Å². The first-order chi connectivity index (χ1) is 11.9. The Balaban J connectivity index is 2.22. The summed E-state index contributed by atoms with van der Waals surface area (Å²) < 4.78 is 5.63. The van der Waals surface area contributed by atoms with Crippen molar-refractivity contribution in [3.05, 3.63) is 46.1 Å². The maximum Gasteiger partial charge on any atom is 0.156 e. The molecule has 25 heavy (non-hydrogen) atoms. The molecule has 1 aromatic heterocycles. The van der Waals surface area contributed by atoms with E-state index < -0.39 is 0 Å². The molecule has 0 radical (unpaired) electrons. The Morgan fingerprint density at radius 1 is 1.36 bits per heavy atom. The molecule has 0 atom stereocenters. The van der Waals surface area contributed by atoms with E-state index in [1.165, 1.54) is 0 Å². The molecule has 0 bridgehead atoms. The van der Waals surface area contributed by atoms with Crippen molar-refractivity contribution in [3.8, 4) is 17.0 Å². The van der Waals surface area contributed by atoms with E-state index in [-0.39, 0.29) is 0 Å². The van der Waals surface area contributed by atoms with Crippen LogP contribution in [-0.2, 0) is 6.54 Å². The normalized spacial score (nSPS) is 11.1. The van der Waals surface area contributed by atoms with E-state index in [1.54, 1.807) is 0 Å². The van der Waals surface area contributed by atoms with Crippen LogP contribution in [0.1, 0.15) is 12.5 Å². The summed E-state index contributed by atoms with van der Waals surface area (Å²) in [5, 5.41) is 11.4. The van der Waals surface area contributed by atoms with Gasteiger partial charge >= 0.3 is 0 Å². The molecule has 0 aliphatic carbocycles. The summed E-state index contributed by atoms with van der Waals surface area (Å²) in [6.45, 7) is 8.72. The summed E-state index contributed by atoms with van der Waals surface area (Å²) in [7, 11) is 4.02. The van der Waals surface area contributed by atoms with E-state index in [0.717, 1.165) is 42.0 Å². The molecular formula is C18H24Cl2N4O. The van der Waals surface area contributed by atoms with Crippen LogP contribution in [0.4, 0.5) is 0 Å². The number of aromatic amines is 1. The summed E-state index contributed by atoms with van der Waals surface area (Å²) >= 11 is 12.7. The summed E-state index contributed by atoms with van der Waals surface area (Å²) in [6, 6.07) is 3.66. The fraction of sp³-hybridized carbons (Fsp3) is 0.389. The molecule has 2 rings (SSSR count). The highest BCUT2D eigenvalue weighted by molar-refractivity contribution is 6.37. The van der Waals surface area contributed by atoms with E-state index in [1.807, 2.05) is 32.3 Å². The first-order valence-corrected chi connectivity index (χ1v) is 8.80. The van der Waals surface area contributed by atoms with Gasteiger partial charge in [-0.25, -0.2) is 0 Å². The highest BCUT2D eigenvalue weighted by Gasteiger charge is 2.16. The Labute approximate surface area is 159 Å². The summed E-state index contributed by atoms with van der Waals surface area (Å²) in [5.41, 5.74) is 3.68. The standard InChI is InChI=1S/C18H24Cl2N4O/c1-12(2)11-25-18-15(19)7-13(8-16(18)20)17-14(9-22-23-17)10-24(4)6-5-21-3/h7-9,21H,1,5-6,10-11H2,2-4H3,(H,22,23). The van der Waals surface area contributed by atoms with E-state index in [0.29, 0.717) is 22.4 Å². The van der Waals surface area contributed by atoms with Crippen molar-refractivity contribution in [2.45, 2.75) is 13.5 Å². The number of ether oxygens (including phenoxy) is 1. The molecule has 5 nitrogen and oxygen atoms in total. The lowest BCUT2D eigenvalue weighted by Gasteiger charge is -2.16. The Hall–Kier alpha value is -1.53. The molecule has 0 spiro atoms. The number of nitrogens with one attached hydrogen (secondary N) is 2. The lowest BCUT2D eigenvalue weighted by molar-refractivity contribution is 0.328. The number of nitrogens with zero attached hydrogens (tertiary/aromatic N) is 2. The quantitative estimate of drug-likeness (QED) is 0.643. The minimum Gasteiger partial charge on any atom is -0.486 e. The second-order valence-corrected chi connectivity index (χ2v) is 6.93. The van der Waals surface area contributed by atoms with E-state index in [9.17, 15) is 0 Å². The fourth-order valence-electron chi connectivity index (χ4n) is 2.39. The smallest absolute Gasteiger partial charge is 0.156 e. The van der Waals surface area contributed by atoms with Crippen LogP contribution in [0, 0.1) is 0 Å². The Morgan fingerprint density at radius 2 is 2.04 bits per heavy atom. The topological polar surface area (TPSA) is 53.2 Å². The number of hydrogen-bond donors (Lipinski definition) is 2. The molecule has 2 N–H and O–H groups in total. The zero-order valence-electron chi connectivity index (χ0n) is 14.8. The van der Waals surface area contributed by atoms with E-state index in [2.05, 4.69) is 34.0 Å². The molecule has 0 saturated heterocycles. The van der Waals surface area contributed by atoms with Crippen molar-refractivity contribution < 1.29 is 4.74 Å². The highest BCUT2D eigenvalue weighted by Crippen LogP contribution is 2.38. The number of benzene rings is 1. The zero-order chi connectivity index (χ0) is 18.4. The molecule has 0 unspecified atom stereocenters. The number of aromatic nitrogens is 2. The summed E-state index contributed by atoms with van der Waals surface area (Å²) in [6.07, 6.45) is 1.90. The van der Waals surface area contributed by atoms with Gasteiger partial charge in [-0.3, -0.25) is 5.10 Å². The van der Waals surface area contributed by atoms with Gasteiger partial charge in [0.1, 0.15) is 6.61 Å². The average Bonchev–Trinajstić information content (AvgIpc) is 2.99. The lowest BCUT2D eigenvalue weighted by Crippen LogP contribution is -2.26. The lowest BCUT2D eigenvalue weighted by atomic mass is 10.1. The fourth-order valence-corrected chi connectivity index (χ4v) is 2.98. The zero-order valence-corrected chi connectivity index (χ0v) is 16.3.